The van der Waals surface area contributed by atoms with Gasteiger partial charge < -0.3 is 9.73 Å². The van der Waals surface area contributed by atoms with Crippen molar-refractivity contribution in [1.29, 1.82) is 0 Å². The number of fused-ring (bicyclic) bond motifs is 2. The van der Waals surface area contributed by atoms with Crippen molar-refractivity contribution >= 4 is 33.1 Å². The van der Waals surface area contributed by atoms with Crippen molar-refractivity contribution in [2.24, 2.45) is 0 Å². The molecule has 2 heteroatoms. The maximum absolute atomic E-state index is 5.97. The first-order valence-electron chi connectivity index (χ1n) is 10.8. The number of benzene rings is 5. The molecule has 152 valence electrons. The average molecular weight is 412 g/mol. The molecule has 32 heavy (non-hydrogen) atoms. The highest BCUT2D eigenvalue weighted by Crippen LogP contribution is 2.30. The molecule has 1 N–H and O–H groups in total. The van der Waals surface area contributed by atoms with Gasteiger partial charge in [-0.05, 0) is 76.5 Å². The number of anilines is 2. The molecule has 0 bridgehead atoms. The van der Waals surface area contributed by atoms with E-state index in [0.29, 0.717) is 0 Å². The molecule has 1 aromatic heterocycles. The summed E-state index contributed by atoms with van der Waals surface area (Å²) in [5.74, 6) is 0.887. The lowest BCUT2D eigenvalue weighted by atomic mass is 10.0. The second-order valence-corrected chi connectivity index (χ2v) is 7.99. The summed E-state index contributed by atoms with van der Waals surface area (Å²) in [5.41, 5.74) is 6.52. The summed E-state index contributed by atoms with van der Waals surface area (Å²) in [6.45, 7) is 0. The van der Waals surface area contributed by atoms with Gasteiger partial charge in [0.25, 0.3) is 0 Å². The van der Waals surface area contributed by atoms with Crippen molar-refractivity contribution < 1.29 is 4.42 Å². The minimum absolute atomic E-state index is 0.887. The smallest absolute Gasteiger partial charge is 0.135 e. The number of hydrogen-bond acceptors (Lipinski definition) is 2. The molecule has 0 radical (unpaired) electrons. The van der Waals surface area contributed by atoms with Crippen molar-refractivity contribution in [1.82, 2.24) is 0 Å². The maximum atomic E-state index is 5.97. The topological polar surface area (TPSA) is 25.2 Å². The van der Waals surface area contributed by atoms with E-state index in [2.05, 4.69) is 108 Å². The van der Waals surface area contributed by atoms with Crippen LogP contribution in [0.15, 0.2) is 126 Å². The van der Waals surface area contributed by atoms with E-state index in [9.17, 15) is 0 Å². The minimum atomic E-state index is 0.887. The van der Waals surface area contributed by atoms with Crippen molar-refractivity contribution in [2.75, 3.05) is 5.32 Å². The lowest BCUT2D eigenvalue weighted by Crippen LogP contribution is -1.90. The third-order valence-corrected chi connectivity index (χ3v) is 5.85. The highest BCUT2D eigenvalue weighted by atomic mass is 16.3. The van der Waals surface area contributed by atoms with E-state index in [-0.39, 0.29) is 0 Å². The zero-order valence-electron chi connectivity index (χ0n) is 17.5. The van der Waals surface area contributed by atoms with Crippen molar-refractivity contribution in [3.05, 3.63) is 121 Å². The van der Waals surface area contributed by atoms with Crippen LogP contribution in [0, 0.1) is 0 Å². The lowest BCUT2D eigenvalue weighted by molar-refractivity contribution is 0.631. The Labute approximate surface area is 186 Å². The molecule has 0 saturated carbocycles. The van der Waals surface area contributed by atoms with E-state index in [1.807, 2.05) is 18.2 Å². The summed E-state index contributed by atoms with van der Waals surface area (Å²) in [4.78, 5) is 0. The molecule has 0 saturated heterocycles. The summed E-state index contributed by atoms with van der Waals surface area (Å²) in [5, 5.41) is 7.13. The summed E-state index contributed by atoms with van der Waals surface area (Å²) >= 11 is 0. The Balaban J connectivity index is 1.20. The van der Waals surface area contributed by atoms with Gasteiger partial charge in [-0.25, -0.2) is 0 Å². The Morgan fingerprint density at radius 1 is 0.438 bits per heavy atom. The van der Waals surface area contributed by atoms with E-state index >= 15 is 0 Å². The average Bonchev–Trinajstić information content (AvgIpc) is 3.29. The Bertz CT molecular complexity index is 1490. The van der Waals surface area contributed by atoms with Crippen molar-refractivity contribution in [3.8, 4) is 22.5 Å². The first kappa shape index (κ1) is 18.5. The fourth-order valence-corrected chi connectivity index (χ4v) is 4.12. The van der Waals surface area contributed by atoms with Crippen LogP contribution in [0.4, 0.5) is 11.4 Å². The molecule has 0 unspecified atom stereocenters. The summed E-state index contributed by atoms with van der Waals surface area (Å²) in [7, 11) is 0. The van der Waals surface area contributed by atoms with Crippen LogP contribution >= 0.6 is 0 Å². The Morgan fingerprint density at radius 2 is 1.03 bits per heavy atom. The number of rotatable bonds is 4. The molecular formula is C30H21NO. The number of para-hydroxylation sites is 1. The molecule has 0 fully saturated rings. The second-order valence-electron chi connectivity index (χ2n) is 7.99. The molecule has 0 atom stereocenters. The van der Waals surface area contributed by atoms with Crippen LogP contribution in [0.1, 0.15) is 0 Å². The normalized spacial score (nSPS) is 11.1. The maximum Gasteiger partial charge on any atom is 0.135 e. The fourth-order valence-electron chi connectivity index (χ4n) is 4.12. The van der Waals surface area contributed by atoms with Crippen LogP contribution in [0.3, 0.4) is 0 Å². The van der Waals surface area contributed by atoms with Gasteiger partial charge in [-0.15, -0.1) is 0 Å². The summed E-state index contributed by atoms with van der Waals surface area (Å²) in [6, 6.07) is 42.1. The molecule has 0 aliphatic heterocycles. The molecule has 5 aromatic carbocycles. The number of hydrogen-bond donors (Lipinski definition) is 1. The zero-order valence-corrected chi connectivity index (χ0v) is 17.5. The summed E-state index contributed by atoms with van der Waals surface area (Å²) in [6.07, 6.45) is 0. The second kappa shape index (κ2) is 7.75. The standard InChI is InChI=1S/C30H21NO/c1-2-6-24-19-25(10-9-21(24)5-1)22-11-15-27(16-12-22)31-28-17-13-23(14-18-28)30-20-26-7-3-4-8-29(26)32-30/h1-20,31H. The SMILES string of the molecule is c1ccc2cc(-c3ccc(Nc4ccc(-c5cc6ccccc6o5)cc4)cc3)ccc2c1. The third kappa shape index (κ3) is 3.52. The van der Waals surface area contributed by atoms with Gasteiger partial charge in [0.05, 0.1) is 0 Å². The zero-order chi connectivity index (χ0) is 21.3. The van der Waals surface area contributed by atoms with Gasteiger partial charge >= 0.3 is 0 Å². The molecule has 6 aromatic rings. The molecule has 1 heterocycles. The van der Waals surface area contributed by atoms with Gasteiger partial charge in [0.1, 0.15) is 11.3 Å². The van der Waals surface area contributed by atoms with E-state index < -0.39 is 0 Å². The van der Waals surface area contributed by atoms with E-state index in [4.69, 9.17) is 4.42 Å². The minimum Gasteiger partial charge on any atom is -0.456 e. The largest absolute Gasteiger partial charge is 0.456 e. The van der Waals surface area contributed by atoms with Crippen molar-refractivity contribution in [3.63, 3.8) is 0 Å². The predicted molar refractivity (Wildman–Crippen MR) is 134 cm³/mol. The molecule has 0 aliphatic carbocycles. The van der Waals surface area contributed by atoms with Crippen molar-refractivity contribution in [2.45, 2.75) is 0 Å². The van der Waals surface area contributed by atoms with Gasteiger partial charge in [-0.2, -0.15) is 0 Å². The number of nitrogens with one attached hydrogen (secondary N) is 1. The Kier molecular flexibility index (Phi) is 4.47. The van der Waals surface area contributed by atoms with Gasteiger partial charge in [0.15, 0.2) is 0 Å². The van der Waals surface area contributed by atoms with Crippen LogP contribution in [-0.2, 0) is 0 Å². The highest BCUT2D eigenvalue weighted by molar-refractivity contribution is 5.87. The highest BCUT2D eigenvalue weighted by Gasteiger charge is 2.06. The molecule has 2 nitrogen and oxygen atoms in total. The van der Waals surface area contributed by atoms with Crippen LogP contribution in [0.5, 0.6) is 0 Å². The molecule has 6 rings (SSSR count). The van der Waals surface area contributed by atoms with Crippen LogP contribution in [0.25, 0.3) is 44.2 Å². The first-order valence-corrected chi connectivity index (χ1v) is 10.8. The monoisotopic (exact) mass is 411 g/mol. The number of furan rings is 1. The first-order chi connectivity index (χ1) is 15.8. The molecule has 0 spiro atoms. The van der Waals surface area contributed by atoms with E-state index in [1.54, 1.807) is 0 Å². The quantitative estimate of drug-likeness (QED) is 0.314. The lowest BCUT2D eigenvalue weighted by Gasteiger charge is -2.09. The Hall–Kier alpha value is -4.30. The molecule has 0 amide bonds. The van der Waals surface area contributed by atoms with Crippen LogP contribution < -0.4 is 5.32 Å². The van der Waals surface area contributed by atoms with E-state index in [1.165, 1.54) is 21.9 Å². The third-order valence-electron chi connectivity index (χ3n) is 5.85. The van der Waals surface area contributed by atoms with E-state index in [0.717, 1.165) is 33.7 Å². The molecular weight excluding hydrogens is 390 g/mol. The summed E-state index contributed by atoms with van der Waals surface area (Å²) < 4.78 is 5.97. The molecule has 0 aliphatic rings. The Morgan fingerprint density at radius 3 is 1.75 bits per heavy atom. The van der Waals surface area contributed by atoms with Crippen LogP contribution in [-0.4, -0.2) is 0 Å². The van der Waals surface area contributed by atoms with Gasteiger partial charge in [0.2, 0.25) is 0 Å². The van der Waals surface area contributed by atoms with Gasteiger partial charge in [-0.3, -0.25) is 0 Å². The van der Waals surface area contributed by atoms with Crippen LogP contribution in [0.2, 0.25) is 0 Å². The fraction of sp³-hybridized carbons (Fsp3) is 0. The van der Waals surface area contributed by atoms with Gasteiger partial charge in [-0.1, -0.05) is 66.7 Å². The predicted octanol–water partition coefficient (Wildman–Crippen LogP) is 8.66. The van der Waals surface area contributed by atoms with Gasteiger partial charge in [0, 0.05) is 22.3 Å².